The first-order valence-electron chi connectivity index (χ1n) is 6.87. The van der Waals surface area contributed by atoms with Gasteiger partial charge in [0, 0.05) is 19.1 Å². The van der Waals surface area contributed by atoms with Crippen LogP contribution in [0.1, 0.15) is 39.5 Å². The van der Waals surface area contributed by atoms with E-state index < -0.39 is 22.0 Å². The molecule has 7 heteroatoms. The van der Waals surface area contributed by atoms with E-state index in [2.05, 4.69) is 5.32 Å². The van der Waals surface area contributed by atoms with E-state index in [1.807, 2.05) is 13.8 Å². The van der Waals surface area contributed by atoms with E-state index in [0.717, 1.165) is 0 Å². The minimum absolute atomic E-state index is 0.0918. The molecule has 1 atom stereocenters. The molecule has 2 N–H and O–H groups in total. The highest BCUT2D eigenvalue weighted by molar-refractivity contribution is 7.89. The van der Waals surface area contributed by atoms with Crippen LogP contribution in [-0.4, -0.2) is 54.7 Å². The molecule has 1 aliphatic rings. The third-order valence-electron chi connectivity index (χ3n) is 3.45. The van der Waals surface area contributed by atoms with Crippen molar-refractivity contribution < 1.29 is 18.3 Å². The van der Waals surface area contributed by atoms with Crippen LogP contribution in [0.2, 0.25) is 0 Å². The van der Waals surface area contributed by atoms with Crippen molar-refractivity contribution in [2.75, 3.05) is 18.8 Å². The molecular formula is C12H24N2O4S. The summed E-state index contributed by atoms with van der Waals surface area (Å²) in [7, 11) is -3.12. The third kappa shape index (κ3) is 4.74. The number of hydrogen-bond acceptors (Lipinski definition) is 4. The van der Waals surface area contributed by atoms with Crippen molar-refractivity contribution in [1.29, 1.82) is 0 Å². The van der Waals surface area contributed by atoms with Crippen molar-refractivity contribution >= 4 is 16.0 Å². The average Bonchev–Trinajstić information content (AvgIpc) is 2.36. The number of nitrogens with zero attached hydrogens (tertiary/aromatic N) is 1. The Morgan fingerprint density at radius 3 is 2.37 bits per heavy atom. The molecule has 0 amide bonds. The number of carbonyl (C=O) groups is 1. The molecule has 0 aromatic rings. The van der Waals surface area contributed by atoms with Crippen molar-refractivity contribution in [3.8, 4) is 0 Å². The fourth-order valence-electron chi connectivity index (χ4n) is 2.34. The van der Waals surface area contributed by atoms with E-state index in [9.17, 15) is 13.2 Å². The number of sulfonamides is 1. The molecular weight excluding hydrogens is 268 g/mol. The van der Waals surface area contributed by atoms with Gasteiger partial charge in [-0.25, -0.2) is 12.7 Å². The zero-order valence-electron chi connectivity index (χ0n) is 11.6. The van der Waals surface area contributed by atoms with Crippen LogP contribution in [0.5, 0.6) is 0 Å². The summed E-state index contributed by atoms with van der Waals surface area (Å²) in [5.41, 5.74) is 0. The largest absolute Gasteiger partial charge is 0.480 e. The van der Waals surface area contributed by atoms with Crippen LogP contribution in [0.25, 0.3) is 0 Å². The second kappa shape index (κ2) is 7.21. The van der Waals surface area contributed by atoms with Gasteiger partial charge in [-0.05, 0) is 25.7 Å². The summed E-state index contributed by atoms with van der Waals surface area (Å²) in [6, 6.07) is -0.446. The number of rotatable bonds is 7. The number of hydrogen-bond donors (Lipinski definition) is 2. The first-order valence-corrected chi connectivity index (χ1v) is 8.48. The molecule has 6 nitrogen and oxygen atoms in total. The van der Waals surface area contributed by atoms with E-state index in [-0.39, 0.29) is 11.8 Å². The molecule has 112 valence electrons. The fourth-order valence-corrected chi connectivity index (χ4v) is 3.88. The van der Waals surface area contributed by atoms with Gasteiger partial charge < -0.3 is 10.4 Å². The Kier molecular flexibility index (Phi) is 6.22. The molecule has 0 bridgehead atoms. The summed E-state index contributed by atoms with van der Waals surface area (Å²) in [5.74, 6) is -0.652. The maximum atomic E-state index is 11.9. The van der Waals surface area contributed by atoms with E-state index in [1.54, 1.807) is 0 Å². The van der Waals surface area contributed by atoms with Crippen LogP contribution in [0.3, 0.4) is 0 Å². The quantitative estimate of drug-likeness (QED) is 0.719. The second-order valence-corrected chi connectivity index (χ2v) is 7.04. The molecule has 1 unspecified atom stereocenters. The number of carboxylic acids is 1. The first kappa shape index (κ1) is 16.4. The Labute approximate surface area is 115 Å². The van der Waals surface area contributed by atoms with Crippen LogP contribution in [0.4, 0.5) is 0 Å². The number of piperidine rings is 1. The number of aliphatic carboxylic acids is 1. The number of carboxylic acid groups (broad SMARTS) is 1. The molecule has 0 radical (unpaired) electrons. The summed E-state index contributed by atoms with van der Waals surface area (Å²) in [6.45, 7) is 4.64. The van der Waals surface area contributed by atoms with Crippen molar-refractivity contribution in [2.24, 2.45) is 0 Å². The molecule has 1 saturated heterocycles. The highest BCUT2D eigenvalue weighted by Gasteiger charge is 2.29. The fraction of sp³-hybridized carbons (Fsp3) is 0.917. The van der Waals surface area contributed by atoms with Gasteiger partial charge in [-0.2, -0.15) is 0 Å². The van der Waals surface area contributed by atoms with Gasteiger partial charge in [0.1, 0.15) is 6.04 Å². The van der Waals surface area contributed by atoms with Crippen LogP contribution in [-0.2, 0) is 14.8 Å². The summed E-state index contributed by atoms with van der Waals surface area (Å²) in [5, 5.41) is 12.1. The lowest BCUT2D eigenvalue weighted by Crippen LogP contribution is -2.50. The highest BCUT2D eigenvalue weighted by Crippen LogP contribution is 2.16. The lowest BCUT2D eigenvalue weighted by atomic mass is 10.0. The van der Waals surface area contributed by atoms with Gasteiger partial charge in [0.2, 0.25) is 10.0 Å². The molecule has 0 aromatic heterocycles. The predicted octanol–water partition coefficient (Wildman–Crippen LogP) is 0.643. The van der Waals surface area contributed by atoms with Crippen LogP contribution >= 0.6 is 0 Å². The van der Waals surface area contributed by atoms with Gasteiger partial charge in [-0.1, -0.05) is 13.8 Å². The maximum Gasteiger partial charge on any atom is 0.320 e. The molecule has 1 rings (SSSR count). The van der Waals surface area contributed by atoms with Crippen molar-refractivity contribution in [2.45, 2.75) is 51.6 Å². The minimum atomic E-state index is -3.12. The molecule has 1 aliphatic heterocycles. The van der Waals surface area contributed by atoms with Gasteiger partial charge in [-0.15, -0.1) is 0 Å². The Balaban J connectivity index is 2.47. The van der Waals surface area contributed by atoms with Gasteiger partial charge in [0.05, 0.1) is 5.75 Å². The lowest BCUT2D eigenvalue weighted by Gasteiger charge is -2.33. The smallest absolute Gasteiger partial charge is 0.320 e. The van der Waals surface area contributed by atoms with E-state index in [0.29, 0.717) is 38.8 Å². The first-order chi connectivity index (χ1) is 8.90. The van der Waals surface area contributed by atoms with Gasteiger partial charge in [-0.3, -0.25) is 4.79 Å². The maximum absolute atomic E-state index is 11.9. The summed E-state index contributed by atoms with van der Waals surface area (Å²) in [6.07, 6.45) is 2.50. The molecule has 0 saturated carbocycles. The summed E-state index contributed by atoms with van der Waals surface area (Å²) >= 11 is 0. The molecule has 1 heterocycles. The monoisotopic (exact) mass is 292 g/mol. The van der Waals surface area contributed by atoms with Crippen LogP contribution < -0.4 is 5.32 Å². The molecule has 0 spiro atoms. The molecule has 0 aliphatic carbocycles. The highest BCUT2D eigenvalue weighted by atomic mass is 32.2. The van der Waals surface area contributed by atoms with Gasteiger partial charge in [0.15, 0.2) is 0 Å². The van der Waals surface area contributed by atoms with Crippen molar-refractivity contribution in [3.63, 3.8) is 0 Å². The van der Waals surface area contributed by atoms with E-state index in [4.69, 9.17) is 5.11 Å². The standard InChI is InChI=1S/C12H24N2O4S/c1-3-9-19(17,18)14-7-5-10(6-8-14)13-11(4-2)12(15)16/h10-11,13H,3-9H2,1-2H3,(H,15,16). The third-order valence-corrected chi connectivity index (χ3v) is 5.53. The average molecular weight is 292 g/mol. The van der Waals surface area contributed by atoms with E-state index in [1.165, 1.54) is 4.31 Å². The minimum Gasteiger partial charge on any atom is -0.480 e. The topological polar surface area (TPSA) is 86.7 Å². The van der Waals surface area contributed by atoms with E-state index >= 15 is 0 Å². The zero-order chi connectivity index (χ0) is 14.5. The van der Waals surface area contributed by atoms with Gasteiger partial charge >= 0.3 is 5.97 Å². The van der Waals surface area contributed by atoms with Gasteiger partial charge in [0.25, 0.3) is 0 Å². The second-order valence-electron chi connectivity index (χ2n) is 4.96. The Bertz CT molecular complexity index is 389. The molecule has 0 aromatic carbocycles. The SMILES string of the molecule is CCCS(=O)(=O)N1CCC(NC(CC)C(=O)O)CC1. The summed E-state index contributed by atoms with van der Waals surface area (Å²) < 4.78 is 25.3. The normalized spacial score (nSPS) is 20.3. The Morgan fingerprint density at radius 2 is 1.95 bits per heavy atom. The zero-order valence-corrected chi connectivity index (χ0v) is 12.4. The van der Waals surface area contributed by atoms with Crippen LogP contribution in [0, 0.1) is 0 Å². The Hall–Kier alpha value is -0.660. The molecule has 19 heavy (non-hydrogen) atoms. The van der Waals surface area contributed by atoms with Crippen molar-refractivity contribution in [1.82, 2.24) is 9.62 Å². The predicted molar refractivity (Wildman–Crippen MR) is 73.5 cm³/mol. The summed E-state index contributed by atoms with van der Waals surface area (Å²) in [4.78, 5) is 10.9. The lowest BCUT2D eigenvalue weighted by molar-refractivity contribution is -0.139. The number of nitrogens with one attached hydrogen (secondary N) is 1. The van der Waals surface area contributed by atoms with Crippen LogP contribution in [0.15, 0.2) is 0 Å². The Morgan fingerprint density at radius 1 is 1.37 bits per heavy atom. The molecule has 1 fully saturated rings. The van der Waals surface area contributed by atoms with Crippen molar-refractivity contribution in [3.05, 3.63) is 0 Å².